The summed E-state index contributed by atoms with van der Waals surface area (Å²) < 4.78 is 18.9. The van der Waals surface area contributed by atoms with Crippen molar-refractivity contribution in [1.29, 1.82) is 0 Å². The number of carbonyl (C=O) groups excluding carboxylic acids is 1. The summed E-state index contributed by atoms with van der Waals surface area (Å²) in [6, 6.07) is 4.94. The highest BCUT2D eigenvalue weighted by atomic mass is 19.1. The zero-order valence-electron chi connectivity index (χ0n) is 8.50. The molecule has 16 heavy (non-hydrogen) atoms. The summed E-state index contributed by atoms with van der Waals surface area (Å²) in [4.78, 5) is 11.1. The lowest BCUT2D eigenvalue weighted by Gasteiger charge is -2.08. The first-order valence-corrected chi connectivity index (χ1v) is 5.17. The van der Waals surface area contributed by atoms with E-state index in [1.54, 1.807) is 12.1 Å². The van der Waals surface area contributed by atoms with Crippen LogP contribution in [-0.2, 0) is 4.79 Å². The summed E-state index contributed by atoms with van der Waals surface area (Å²) in [5.74, 6) is -0.382. The molecule has 1 aliphatic rings. The van der Waals surface area contributed by atoms with Gasteiger partial charge in [0.05, 0.1) is 6.26 Å². The first-order valence-electron chi connectivity index (χ1n) is 5.17. The second-order valence-electron chi connectivity index (χ2n) is 4.04. The Morgan fingerprint density at radius 2 is 2.31 bits per heavy atom. The molecule has 4 heteroatoms. The van der Waals surface area contributed by atoms with Crippen molar-refractivity contribution in [2.75, 3.05) is 6.54 Å². The van der Waals surface area contributed by atoms with Crippen LogP contribution in [0.4, 0.5) is 4.39 Å². The van der Waals surface area contributed by atoms with E-state index in [1.807, 2.05) is 0 Å². The van der Waals surface area contributed by atoms with Gasteiger partial charge in [-0.2, -0.15) is 0 Å². The van der Waals surface area contributed by atoms with Crippen LogP contribution in [-0.4, -0.2) is 12.5 Å². The highest BCUT2D eigenvalue weighted by Gasteiger charge is 2.25. The van der Waals surface area contributed by atoms with Gasteiger partial charge in [0.2, 0.25) is 5.91 Å². The summed E-state index contributed by atoms with van der Waals surface area (Å²) in [5.41, 5.74) is 1.13. The zero-order chi connectivity index (χ0) is 11.1. The van der Waals surface area contributed by atoms with Gasteiger partial charge in [0.25, 0.3) is 0 Å². The molecule has 3 rings (SSSR count). The van der Waals surface area contributed by atoms with Gasteiger partial charge < -0.3 is 9.73 Å². The second kappa shape index (κ2) is 3.33. The number of hydrogen-bond acceptors (Lipinski definition) is 2. The monoisotopic (exact) mass is 219 g/mol. The van der Waals surface area contributed by atoms with E-state index in [9.17, 15) is 9.18 Å². The van der Waals surface area contributed by atoms with Crippen LogP contribution < -0.4 is 5.32 Å². The van der Waals surface area contributed by atoms with Crippen LogP contribution in [0.2, 0.25) is 0 Å². The number of furan rings is 1. The van der Waals surface area contributed by atoms with Crippen molar-refractivity contribution in [2.24, 2.45) is 0 Å². The molecule has 1 aliphatic heterocycles. The fourth-order valence-electron chi connectivity index (χ4n) is 2.14. The zero-order valence-corrected chi connectivity index (χ0v) is 8.50. The normalized spacial score (nSPS) is 20.3. The molecule has 1 saturated heterocycles. The van der Waals surface area contributed by atoms with Crippen molar-refractivity contribution < 1.29 is 13.6 Å². The molecule has 0 saturated carbocycles. The van der Waals surface area contributed by atoms with Crippen molar-refractivity contribution in [3.05, 3.63) is 35.8 Å². The lowest BCUT2D eigenvalue weighted by molar-refractivity contribution is -0.119. The number of nitrogens with one attached hydrogen (secondary N) is 1. The topological polar surface area (TPSA) is 42.2 Å². The van der Waals surface area contributed by atoms with E-state index < -0.39 is 0 Å². The Kier molecular flexibility index (Phi) is 1.96. The number of benzene rings is 1. The Balaban J connectivity index is 2.08. The van der Waals surface area contributed by atoms with E-state index in [0.717, 1.165) is 5.39 Å². The molecule has 0 spiro atoms. The number of hydrogen-bond donors (Lipinski definition) is 1. The van der Waals surface area contributed by atoms with E-state index in [-0.39, 0.29) is 17.6 Å². The molecule has 1 aromatic heterocycles. The minimum absolute atomic E-state index is 0.0170. The van der Waals surface area contributed by atoms with Crippen molar-refractivity contribution in [1.82, 2.24) is 5.32 Å². The average molecular weight is 219 g/mol. The van der Waals surface area contributed by atoms with E-state index in [0.29, 0.717) is 24.1 Å². The lowest BCUT2D eigenvalue weighted by Crippen LogP contribution is -2.13. The number of carbonyl (C=O) groups is 1. The van der Waals surface area contributed by atoms with Gasteiger partial charge in [0, 0.05) is 30.3 Å². The second-order valence-corrected chi connectivity index (χ2v) is 4.04. The van der Waals surface area contributed by atoms with Gasteiger partial charge in [-0.1, -0.05) is 0 Å². The van der Waals surface area contributed by atoms with Crippen LogP contribution in [0.1, 0.15) is 17.9 Å². The molecule has 0 bridgehead atoms. The number of halogens is 1. The largest absolute Gasteiger partial charge is 0.464 e. The van der Waals surface area contributed by atoms with E-state index >= 15 is 0 Å². The van der Waals surface area contributed by atoms with Crippen LogP contribution in [0, 0.1) is 5.82 Å². The molecule has 1 fully saturated rings. The first-order chi connectivity index (χ1) is 7.74. The minimum Gasteiger partial charge on any atom is -0.464 e. The number of rotatable bonds is 1. The minimum atomic E-state index is -0.302. The van der Waals surface area contributed by atoms with Gasteiger partial charge in [-0.15, -0.1) is 0 Å². The molecule has 1 aromatic carbocycles. The maximum atomic E-state index is 13.8. The van der Waals surface area contributed by atoms with Crippen LogP contribution in [0.3, 0.4) is 0 Å². The summed E-state index contributed by atoms with van der Waals surface area (Å²) >= 11 is 0. The lowest BCUT2D eigenvalue weighted by atomic mass is 9.96. The standard InChI is InChI=1S/C12H10FNO2/c13-10-5-11-7(1-2-16-11)3-9(10)8-4-12(15)14-6-8/h1-3,5,8H,4,6H2,(H,14,15). The Morgan fingerprint density at radius 3 is 3.06 bits per heavy atom. The van der Waals surface area contributed by atoms with Crippen LogP contribution in [0.15, 0.2) is 28.9 Å². The van der Waals surface area contributed by atoms with Crippen molar-refractivity contribution in [3.8, 4) is 0 Å². The molecular formula is C12H10FNO2. The Labute approximate surface area is 91.2 Å². The van der Waals surface area contributed by atoms with Crippen molar-refractivity contribution >= 4 is 16.9 Å². The molecule has 0 aliphatic carbocycles. The van der Waals surface area contributed by atoms with Crippen molar-refractivity contribution in [2.45, 2.75) is 12.3 Å². The molecule has 1 unspecified atom stereocenters. The van der Waals surface area contributed by atoms with E-state index in [4.69, 9.17) is 4.42 Å². The van der Waals surface area contributed by atoms with Gasteiger partial charge in [0.1, 0.15) is 11.4 Å². The number of amides is 1. The fraction of sp³-hybridized carbons (Fsp3) is 0.250. The molecular weight excluding hydrogens is 209 g/mol. The Morgan fingerprint density at radius 1 is 1.44 bits per heavy atom. The third-order valence-electron chi connectivity index (χ3n) is 2.99. The average Bonchev–Trinajstić information content (AvgIpc) is 2.84. The van der Waals surface area contributed by atoms with Gasteiger partial charge in [0.15, 0.2) is 0 Å². The quantitative estimate of drug-likeness (QED) is 0.798. The molecule has 3 nitrogen and oxygen atoms in total. The van der Waals surface area contributed by atoms with E-state index in [2.05, 4.69) is 5.32 Å². The van der Waals surface area contributed by atoms with Gasteiger partial charge in [-0.25, -0.2) is 4.39 Å². The van der Waals surface area contributed by atoms with Crippen LogP contribution in [0.5, 0.6) is 0 Å². The predicted octanol–water partition coefficient (Wildman–Crippen LogP) is 2.18. The summed E-state index contributed by atoms with van der Waals surface area (Å²) in [7, 11) is 0. The molecule has 1 N–H and O–H groups in total. The maximum absolute atomic E-state index is 13.8. The molecule has 1 atom stereocenters. The van der Waals surface area contributed by atoms with E-state index in [1.165, 1.54) is 12.3 Å². The molecule has 0 radical (unpaired) electrons. The number of fused-ring (bicyclic) bond motifs is 1. The fourth-order valence-corrected chi connectivity index (χ4v) is 2.14. The van der Waals surface area contributed by atoms with Crippen LogP contribution in [0.25, 0.3) is 11.0 Å². The highest BCUT2D eigenvalue weighted by Crippen LogP contribution is 2.29. The molecule has 2 aromatic rings. The predicted molar refractivity (Wildman–Crippen MR) is 56.5 cm³/mol. The third-order valence-corrected chi connectivity index (χ3v) is 2.99. The Bertz CT molecular complexity index is 561. The first kappa shape index (κ1) is 9.39. The SMILES string of the molecule is O=C1CC(c2cc3ccoc3cc2F)CN1. The third kappa shape index (κ3) is 1.38. The van der Waals surface area contributed by atoms with Gasteiger partial charge in [-0.05, 0) is 17.7 Å². The summed E-state index contributed by atoms with van der Waals surface area (Å²) in [6.07, 6.45) is 1.90. The molecule has 2 heterocycles. The Hall–Kier alpha value is -1.84. The summed E-state index contributed by atoms with van der Waals surface area (Å²) in [6.45, 7) is 0.513. The summed E-state index contributed by atoms with van der Waals surface area (Å²) in [5, 5.41) is 3.58. The maximum Gasteiger partial charge on any atom is 0.220 e. The molecule has 1 amide bonds. The van der Waals surface area contributed by atoms with Gasteiger partial charge >= 0.3 is 0 Å². The highest BCUT2D eigenvalue weighted by molar-refractivity contribution is 5.81. The van der Waals surface area contributed by atoms with Crippen LogP contribution >= 0.6 is 0 Å². The molecule has 82 valence electrons. The smallest absolute Gasteiger partial charge is 0.220 e. The van der Waals surface area contributed by atoms with Gasteiger partial charge in [-0.3, -0.25) is 4.79 Å². The van der Waals surface area contributed by atoms with Crippen molar-refractivity contribution in [3.63, 3.8) is 0 Å².